The van der Waals surface area contributed by atoms with Crippen molar-refractivity contribution in [3.05, 3.63) is 48.3 Å². The fourth-order valence-electron chi connectivity index (χ4n) is 3.09. The molecule has 29 heavy (non-hydrogen) atoms. The van der Waals surface area contributed by atoms with E-state index in [1.807, 2.05) is 16.9 Å². The molecule has 1 fully saturated rings. The number of aromatic nitrogens is 2. The van der Waals surface area contributed by atoms with Crippen molar-refractivity contribution in [1.29, 1.82) is 0 Å². The number of aliphatic hydroxyl groups is 1. The molecule has 7 nitrogen and oxygen atoms in total. The first kappa shape index (κ1) is 22.9. The number of alkyl halides is 3. The van der Waals surface area contributed by atoms with Gasteiger partial charge in [0.1, 0.15) is 0 Å². The number of aliphatic hydroxyl groups excluding tert-OH is 1. The minimum absolute atomic E-state index is 0.262. The summed E-state index contributed by atoms with van der Waals surface area (Å²) in [5.41, 5.74) is 2.41. The molecular weight excluding hydrogens is 389 g/mol. The smallest absolute Gasteiger partial charge is 0.475 e. The molecule has 0 aliphatic carbocycles. The quantitative estimate of drug-likeness (QED) is 0.779. The summed E-state index contributed by atoms with van der Waals surface area (Å²) in [7, 11) is 2.15. The Labute approximate surface area is 167 Å². The Kier molecular flexibility index (Phi) is 8.18. The van der Waals surface area contributed by atoms with Crippen LogP contribution in [-0.2, 0) is 11.3 Å². The number of rotatable bonds is 5. The maximum absolute atomic E-state index is 10.6. The highest BCUT2D eigenvalue weighted by atomic mass is 19.4. The van der Waals surface area contributed by atoms with Gasteiger partial charge in [0.15, 0.2) is 0 Å². The number of likely N-dealkylation sites (N-methyl/N-ethyl adjacent to an activating group) is 1. The van der Waals surface area contributed by atoms with Crippen LogP contribution < -0.4 is 0 Å². The van der Waals surface area contributed by atoms with Crippen molar-refractivity contribution in [2.24, 2.45) is 0 Å². The Morgan fingerprint density at radius 1 is 1.28 bits per heavy atom. The fourth-order valence-corrected chi connectivity index (χ4v) is 3.09. The van der Waals surface area contributed by atoms with Crippen LogP contribution in [0.25, 0.3) is 5.69 Å². The lowest BCUT2D eigenvalue weighted by Gasteiger charge is -2.39. The van der Waals surface area contributed by atoms with Gasteiger partial charge in [-0.3, -0.25) is 4.90 Å². The van der Waals surface area contributed by atoms with Crippen LogP contribution >= 0.6 is 0 Å². The van der Waals surface area contributed by atoms with Crippen LogP contribution in [0, 0.1) is 0 Å². The van der Waals surface area contributed by atoms with Crippen LogP contribution in [0.1, 0.15) is 12.0 Å². The predicted molar refractivity (Wildman–Crippen MR) is 101 cm³/mol. The van der Waals surface area contributed by atoms with E-state index in [0.717, 1.165) is 38.3 Å². The van der Waals surface area contributed by atoms with Crippen LogP contribution in [0.15, 0.2) is 42.7 Å². The minimum Gasteiger partial charge on any atom is -0.475 e. The fraction of sp³-hybridized carbons (Fsp3) is 0.474. The first-order valence-corrected chi connectivity index (χ1v) is 9.13. The number of carboxylic acids is 1. The number of benzene rings is 1. The van der Waals surface area contributed by atoms with Gasteiger partial charge in [-0.15, -0.1) is 0 Å². The zero-order chi connectivity index (χ0) is 21.4. The van der Waals surface area contributed by atoms with E-state index < -0.39 is 12.1 Å². The predicted octanol–water partition coefficient (Wildman–Crippen LogP) is 2.00. The second-order valence-corrected chi connectivity index (χ2v) is 6.81. The number of piperazine rings is 1. The van der Waals surface area contributed by atoms with Crippen LogP contribution in [0.5, 0.6) is 0 Å². The van der Waals surface area contributed by atoms with E-state index in [0.29, 0.717) is 6.04 Å². The van der Waals surface area contributed by atoms with Crippen molar-refractivity contribution in [2.75, 3.05) is 33.3 Å². The van der Waals surface area contributed by atoms with Crippen LogP contribution in [0.4, 0.5) is 13.2 Å². The Balaban J connectivity index is 0.000000370. The zero-order valence-electron chi connectivity index (χ0n) is 16.1. The first-order valence-electron chi connectivity index (χ1n) is 9.13. The first-order chi connectivity index (χ1) is 13.7. The van der Waals surface area contributed by atoms with Crippen molar-refractivity contribution >= 4 is 5.97 Å². The molecule has 1 atom stereocenters. The number of hydrogen-bond acceptors (Lipinski definition) is 5. The second-order valence-electron chi connectivity index (χ2n) is 6.81. The molecule has 1 aromatic heterocycles. The number of carboxylic acid groups (broad SMARTS) is 1. The summed E-state index contributed by atoms with van der Waals surface area (Å²) in [5.74, 6) is -2.76. The van der Waals surface area contributed by atoms with E-state index in [4.69, 9.17) is 9.90 Å². The topological polar surface area (TPSA) is 81.8 Å². The van der Waals surface area contributed by atoms with Crippen molar-refractivity contribution in [3.8, 4) is 5.69 Å². The van der Waals surface area contributed by atoms with Gasteiger partial charge in [0.2, 0.25) is 0 Å². The summed E-state index contributed by atoms with van der Waals surface area (Å²) in [6.45, 7) is 4.36. The third-order valence-corrected chi connectivity index (χ3v) is 4.65. The van der Waals surface area contributed by atoms with Gasteiger partial charge in [0.25, 0.3) is 0 Å². The maximum Gasteiger partial charge on any atom is 0.490 e. The minimum atomic E-state index is -5.08. The molecule has 160 valence electrons. The lowest BCUT2D eigenvalue weighted by molar-refractivity contribution is -0.192. The summed E-state index contributed by atoms with van der Waals surface area (Å²) in [4.78, 5) is 13.7. The van der Waals surface area contributed by atoms with Gasteiger partial charge < -0.3 is 15.1 Å². The summed E-state index contributed by atoms with van der Waals surface area (Å²) in [6, 6.07) is 10.9. The van der Waals surface area contributed by atoms with E-state index in [2.05, 4.69) is 46.2 Å². The van der Waals surface area contributed by atoms with Gasteiger partial charge in [-0.1, -0.05) is 12.1 Å². The molecule has 10 heteroatoms. The molecule has 2 N–H and O–H groups in total. The van der Waals surface area contributed by atoms with Crippen LogP contribution in [0.2, 0.25) is 0 Å². The van der Waals surface area contributed by atoms with E-state index in [1.54, 1.807) is 6.20 Å². The van der Waals surface area contributed by atoms with Gasteiger partial charge in [-0.2, -0.15) is 18.3 Å². The van der Waals surface area contributed by atoms with E-state index in [-0.39, 0.29) is 6.61 Å². The van der Waals surface area contributed by atoms with Crippen molar-refractivity contribution < 1.29 is 28.2 Å². The average Bonchev–Trinajstić information content (AvgIpc) is 3.19. The van der Waals surface area contributed by atoms with E-state index >= 15 is 0 Å². The molecule has 0 saturated carbocycles. The monoisotopic (exact) mass is 414 g/mol. The molecule has 1 aromatic carbocycles. The summed E-state index contributed by atoms with van der Waals surface area (Å²) < 4.78 is 33.6. The van der Waals surface area contributed by atoms with Crippen LogP contribution in [-0.4, -0.2) is 81.3 Å². The molecule has 3 rings (SSSR count). The molecule has 1 aliphatic rings. The van der Waals surface area contributed by atoms with Crippen molar-refractivity contribution in [1.82, 2.24) is 19.6 Å². The molecule has 0 spiro atoms. The Bertz CT molecular complexity index is 768. The average molecular weight is 414 g/mol. The van der Waals surface area contributed by atoms with Gasteiger partial charge in [0.05, 0.1) is 5.69 Å². The third-order valence-electron chi connectivity index (χ3n) is 4.65. The van der Waals surface area contributed by atoms with Gasteiger partial charge in [-0.25, -0.2) is 9.48 Å². The SMILES string of the molecule is CN1CCN(Cc2cccc(-n3cccn3)c2)CC1CCO.O=C(O)C(F)(F)F. The summed E-state index contributed by atoms with van der Waals surface area (Å²) >= 11 is 0. The number of halogens is 3. The standard InChI is InChI=1S/C17H24N4O.C2HF3O2/c1-19-9-10-20(14-17(19)6-11-22)13-15-4-2-5-16(12-15)21-8-3-7-18-21;3-2(4,5)1(6)7/h2-5,7-8,12,17,22H,6,9-11,13-14H2,1H3;(H,6,7). The Morgan fingerprint density at radius 2 is 2.00 bits per heavy atom. The highest BCUT2D eigenvalue weighted by molar-refractivity contribution is 5.73. The molecular formula is C19H25F3N4O3. The molecule has 0 bridgehead atoms. The van der Waals surface area contributed by atoms with Gasteiger partial charge in [0, 0.05) is 51.2 Å². The Hall–Kier alpha value is -2.43. The van der Waals surface area contributed by atoms with E-state index in [9.17, 15) is 18.3 Å². The number of aliphatic carboxylic acids is 1. The lowest BCUT2D eigenvalue weighted by atomic mass is 10.1. The zero-order valence-corrected chi connectivity index (χ0v) is 16.1. The number of nitrogens with zero attached hydrogens (tertiary/aromatic N) is 4. The molecule has 0 amide bonds. The van der Waals surface area contributed by atoms with Crippen molar-refractivity contribution in [3.63, 3.8) is 0 Å². The molecule has 1 saturated heterocycles. The Morgan fingerprint density at radius 3 is 2.59 bits per heavy atom. The molecule has 0 radical (unpaired) electrons. The third kappa shape index (κ3) is 7.15. The lowest BCUT2D eigenvalue weighted by Crippen LogP contribution is -2.51. The summed E-state index contributed by atoms with van der Waals surface area (Å²) in [6.07, 6.45) is -0.473. The van der Waals surface area contributed by atoms with Crippen LogP contribution in [0.3, 0.4) is 0 Å². The number of carbonyl (C=O) groups is 1. The largest absolute Gasteiger partial charge is 0.490 e. The molecule has 1 unspecified atom stereocenters. The highest BCUT2D eigenvalue weighted by Gasteiger charge is 2.38. The molecule has 2 aromatic rings. The molecule has 1 aliphatic heterocycles. The van der Waals surface area contributed by atoms with Crippen molar-refractivity contribution in [2.45, 2.75) is 25.2 Å². The van der Waals surface area contributed by atoms with E-state index in [1.165, 1.54) is 5.56 Å². The van der Waals surface area contributed by atoms with Gasteiger partial charge in [-0.05, 0) is 37.2 Å². The summed E-state index contributed by atoms with van der Waals surface area (Å²) in [5, 5.41) is 20.6. The normalized spacial score (nSPS) is 18.2. The maximum atomic E-state index is 10.6. The second kappa shape index (κ2) is 10.4. The van der Waals surface area contributed by atoms with Gasteiger partial charge >= 0.3 is 12.1 Å². The highest BCUT2D eigenvalue weighted by Crippen LogP contribution is 2.16. The number of hydrogen-bond donors (Lipinski definition) is 2. The molecule has 2 heterocycles.